The van der Waals surface area contributed by atoms with Gasteiger partial charge in [0.1, 0.15) is 5.75 Å². The molecular weight excluding hydrogens is 350 g/mol. The third kappa shape index (κ3) is 3.74. The average molecular weight is 375 g/mol. The first-order chi connectivity index (χ1) is 13.8. The molecule has 1 fully saturated rings. The van der Waals surface area contributed by atoms with Crippen molar-refractivity contribution < 1.29 is 9.53 Å². The van der Waals surface area contributed by atoms with Gasteiger partial charge in [0.05, 0.1) is 12.3 Å². The van der Waals surface area contributed by atoms with Crippen molar-refractivity contribution in [2.75, 3.05) is 37.7 Å². The molecule has 0 radical (unpaired) electrons. The minimum atomic E-state index is 0.0943. The van der Waals surface area contributed by atoms with Crippen LogP contribution in [0.4, 0.5) is 5.69 Å². The van der Waals surface area contributed by atoms with Crippen LogP contribution in [-0.2, 0) is 0 Å². The van der Waals surface area contributed by atoms with E-state index in [4.69, 9.17) is 4.74 Å². The molecule has 1 aromatic heterocycles. The highest BCUT2D eigenvalue weighted by Gasteiger charge is 2.23. The lowest BCUT2D eigenvalue weighted by Crippen LogP contribution is -2.48. The first kappa shape index (κ1) is 18.2. The summed E-state index contributed by atoms with van der Waals surface area (Å²) in [7, 11) is 0. The van der Waals surface area contributed by atoms with Gasteiger partial charge in [-0.2, -0.15) is 0 Å². The van der Waals surface area contributed by atoms with E-state index in [0.717, 1.165) is 35.8 Å². The number of amides is 1. The average Bonchev–Trinajstić information content (AvgIpc) is 3.29. The number of carbonyl (C=O) groups is 1. The van der Waals surface area contributed by atoms with E-state index in [9.17, 15) is 4.79 Å². The predicted octanol–water partition coefficient (Wildman–Crippen LogP) is 3.84. The Hall–Kier alpha value is -3.21. The number of rotatable bonds is 5. The zero-order chi connectivity index (χ0) is 19.3. The quantitative estimate of drug-likeness (QED) is 0.680. The normalized spacial score (nSPS) is 14.2. The lowest BCUT2D eigenvalue weighted by atomic mass is 10.1. The van der Waals surface area contributed by atoms with Crippen LogP contribution in [0.1, 0.15) is 17.3 Å². The van der Waals surface area contributed by atoms with Gasteiger partial charge in [-0.15, -0.1) is 0 Å². The summed E-state index contributed by atoms with van der Waals surface area (Å²) in [6.45, 7) is 5.66. The fourth-order valence-corrected chi connectivity index (χ4v) is 3.61. The van der Waals surface area contributed by atoms with Crippen molar-refractivity contribution in [2.24, 2.45) is 0 Å². The Morgan fingerprint density at radius 2 is 1.57 bits per heavy atom. The number of piperazine rings is 1. The predicted molar refractivity (Wildman–Crippen MR) is 111 cm³/mol. The Morgan fingerprint density at radius 3 is 2.25 bits per heavy atom. The first-order valence-electron chi connectivity index (χ1n) is 9.75. The number of benzene rings is 2. The van der Waals surface area contributed by atoms with Gasteiger partial charge in [-0.1, -0.05) is 12.1 Å². The molecule has 0 spiro atoms. The smallest absolute Gasteiger partial charge is 0.253 e. The summed E-state index contributed by atoms with van der Waals surface area (Å²) >= 11 is 0. The summed E-state index contributed by atoms with van der Waals surface area (Å²) < 4.78 is 7.78. The minimum absolute atomic E-state index is 0.0943. The number of aromatic nitrogens is 1. The van der Waals surface area contributed by atoms with Crippen LogP contribution in [0.3, 0.4) is 0 Å². The topological polar surface area (TPSA) is 37.7 Å². The van der Waals surface area contributed by atoms with Crippen LogP contribution in [0.2, 0.25) is 0 Å². The second-order valence-electron chi connectivity index (χ2n) is 6.82. The van der Waals surface area contributed by atoms with Crippen molar-refractivity contribution >= 4 is 11.6 Å². The van der Waals surface area contributed by atoms with Crippen molar-refractivity contribution in [3.63, 3.8) is 0 Å². The van der Waals surface area contributed by atoms with Gasteiger partial charge in [0.2, 0.25) is 0 Å². The number of hydrogen-bond donors (Lipinski definition) is 0. The van der Waals surface area contributed by atoms with Crippen LogP contribution in [0.25, 0.3) is 5.69 Å². The Morgan fingerprint density at radius 1 is 0.893 bits per heavy atom. The highest BCUT2D eigenvalue weighted by molar-refractivity contribution is 5.94. The van der Waals surface area contributed by atoms with Gasteiger partial charge in [-0.3, -0.25) is 4.79 Å². The molecule has 1 amide bonds. The molecule has 0 aliphatic carbocycles. The summed E-state index contributed by atoms with van der Waals surface area (Å²) in [4.78, 5) is 17.1. The maximum Gasteiger partial charge on any atom is 0.253 e. The van der Waals surface area contributed by atoms with Crippen molar-refractivity contribution in [1.82, 2.24) is 9.47 Å². The third-order valence-corrected chi connectivity index (χ3v) is 5.09. The molecule has 0 N–H and O–H groups in total. The molecule has 5 heteroatoms. The van der Waals surface area contributed by atoms with E-state index >= 15 is 0 Å². The number of anilines is 1. The van der Waals surface area contributed by atoms with Crippen LogP contribution >= 0.6 is 0 Å². The summed E-state index contributed by atoms with van der Waals surface area (Å²) in [6.07, 6.45) is 3.99. The molecule has 0 atom stereocenters. The SMILES string of the molecule is CCOc1ccccc1N1CCN(C(=O)c2ccc(-n3cccc3)cc2)CC1. The molecule has 5 nitrogen and oxygen atoms in total. The highest BCUT2D eigenvalue weighted by Crippen LogP contribution is 2.29. The Kier molecular flexibility index (Phi) is 5.33. The minimum Gasteiger partial charge on any atom is -0.492 e. The molecule has 1 saturated heterocycles. The molecule has 2 aromatic carbocycles. The lowest BCUT2D eigenvalue weighted by Gasteiger charge is -2.36. The van der Waals surface area contributed by atoms with Crippen LogP contribution < -0.4 is 9.64 Å². The van der Waals surface area contributed by atoms with E-state index in [2.05, 4.69) is 11.0 Å². The van der Waals surface area contributed by atoms with E-state index in [0.29, 0.717) is 19.7 Å². The van der Waals surface area contributed by atoms with Gasteiger partial charge >= 0.3 is 0 Å². The molecule has 0 unspecified atom stereocenters. The van der Waals surface area contributed by atoms with Crippen LogP contribution in [0.5, 0.6) is 5.75 Å². The number of ether oxygens (including phenoxy) is 1. The monoisotopic (exact) mass is 375 g/mol. The van der Waals surface area contributed by atoms with Crippen LogP contribution in [-0.4, -0.2) is 48.2 Å². The molecule has 3 aromatic rings. The maximum absolute atomic E-state index is 12.9. The first-order valence-corrected chi connectivity index (χ1v) is 9.75. The van der Waals surface area contributed by atoms with Gasteiger partial charge in [-0.05, 0) is 55.5 Å². The van der Waals surface area contributed by atoms with E-state index in [1.54, 1.807) is 0 Å². The van der Waals surface area contributed by atoms with Gasteiger partial charge in [0.15, 0.2) is 0 Å². The second kappa shape index (κ2) is 8.21. The molecule has 2 heterocycles. The van der Waals surface area contributed by atoms with Gasteiger partial charge < -0.3 is 19.1 Å². The molecular formula is C23H25N3O2. The zero-order valence-corrected chi connectivity index (χ0v) is 16.1. The standard InChI is InChI=1S/C23H25N3O2/c1-2-28-22-8-4-3-7-21(22)25-15-17-26(18-16-25)23(27)19-9-11-20(12-10-19)24-13-5-6-14-24/h3-14H,2,15-18H2,1H3. The molecule has 144 valence electrons. The highest BCUT2D eigenvalue weighted by atomic mass is 16.5. The van der Waals surface area contributed by atoms with E-state index in [1.807, 2.05) is 83.4 Å². The van der Waals surface area contributed by atoms with Gasteiger partial charge in [0, 0.05) is 49.8 Å². The molecule has 0 bridgehead atoms. The van der Waals surface area contributed by atoms with Crippen molar-refractivity contribution in [1.29, 1.82) is 0 Å². The summed E-state index contributed by atoms with van der Waals surface area (Å²) in [5.41, 5.74) is 2.89. The number of hydrogen-bond acceptors (Lipinski definition) is 3. The largest absolute Gasteiger partial charge is 0.492 e. The van der Waals surface area contributed by atoms with E-state index in [1.165, 1.54) is 0 Å². The summed E-state index contributed by atoms with van der Waals surface area (Å²) in [6, 6.07) is 19.9. The van der Waals surface area contributed by atoms with Crippen LogP contribution in [0.15, 0.2) is 73.1 Å². The zero-order valence-electron chi connectivity index (χ0n) is 16.1. The fraction of sp³-hybridized carbons (Fsp3) is 0.261. The second-order valence-corrected chi connectivity index (χ2v) is 6.82. The Labute approximate surface area is 165 Å². The van der Waals surface area contributed by atoms with Crippen molar-refractivity contribution in [2.45, 2.75) is 6.92 Å². The molecule has 1 aliphatic heterocycles. The van der Waals surface area contributed by atoms with Gasteiger partial charge in [0.25, 0.3) is 5.91 Å². The third-order valence-electron chi connectivity index (χ3n) is 5.09. The summed E-state index contributed by atoms with van der Waals surface area (Å²) in [5, 5.41) is 0. The number of carbonyl (C=O) groups excluding carboxylic acids is 1. The van der Waals surface area contributed by atoms with E-state index < -0.39 is 0 Å². The number of nitrogens with zero attached hydrogens (tertiary/aromatic N) is 3. The number of para-hydroxylation sites is 2. The van der Waals surface area contributed by atoms with Crippen molar-refractivity contribution in [3.8, 4) is 11.4 Å². The fourth-order valence-electron chi connectivity index (χ4n) is 3.61. The van der Waals surface area contributed by atoms with Gasteiger partial charge in [-0.25, -0.2) is 0 Å². The van der Waals surface area contributed by atoms with Crippen molar-refractivity contribution in [3.05, 3.63) is 78.6 Å². The van der Waals surface area contributed by atoms with Crippen LogP contribution in [0, 0.1) is 0 Å². The van der Waals surface area contributed by atoms with E-state index in [-0.39, 0.29) is 5.91 Å². The molecule has 4 rings (SSSR count). The molecule has 28 heavy (non-hydrogen) atoms. The molecule has 1 aliphatic rings. The Balaban J connectivity index is 1.40. The maximum atomic E-state index is 12.9. The summed E-state index contributed by atoms with van der Waals surface area (Å²) in [5.74, 6) is 1.00. The molecule has 0 saturated carbocycles. The Bertz CT molecular complexity index is 911. The lowest BCUT2D eigenvalue weighted by molar-refractivity contribution is 0.0746.